The van der Waals surface area contributed by atoms with Crippen LogP contribution >= 0.6 is 0 Å². The molecule has 1 aliphatic rings. The van der Waals surface area contributed by atoms with Crippen LogP contribution in [-0.2, 0) is 0 Å². The summed E-state index contributed by atoms with van der Waals surface area (Å²) in [5.74, 6) is 1.79. The van der Waals surface area contributed by atoms with Crippen molar-refractivity contribution in [2.75, 3.05) is 27.3 Å². The van der Waals surface area contributed by atoms with Gasteiger partial charge in [0.05, 0.1) is 19.5 Å². The third-order valence-electron chi connectivity index (χ3n) is 3.16. The first-order valence-electron chi connectivity index (χ1n) is 5.58. The van der Waals surface area contributed by atoms with Crippen LogP contribution in [0.1, 0.15) is 17.9 Å². The summed E-state index contributed by atoms with van der Waals surface area (Å²) in [6, 6.07) is 5.88. The van der Waals surface area contributed by atoms with Gasteiger partial charge < -0.3 is 9.47 Å². The molecule has 5 heteroatoms. The monoisotopic (exact) mass is 236 g/mol. The van der Waals surface area contributed by atoms with Gasteiger partial charge in [-0.25, -0.2) is 0 Å². The number of rotatable bonds is 4. The van der Waals surface area contributed by atoms with E-state index in [9.17, 15) is 4.91 Å². The lowest BCUT2D eigenvalue weighted by Gasteiger charge is -2.13. The van der Waals surface area contributed by atoms with Gasteiger partial charge in [0.1, 0.15) is 0 Å². The fourth-order valence-electron chi connectivity index (χ4n) is 2.19. The van der Waals surface area contributed by atoms with Crippen molar-refractivity contribution < 1.29 is 9.47 Å². The molecule has 17 heavy (non-hydrogen) atoms. The fourth-order valence-corrected chi connectivity index (χ4v) is 2.19. The van der Waals surface area contributed by atoms with Crippen LogP contribution in [0, 0.1) is 4.91 Å². The largest absolute Gasteiger partial charge is 0.493 e. The minimum atomic E-state index is 0.340. The van der Waals surface area contributed by atoms with E-state index in [-0.39, 0.29) is 0 Å². The van der Waals surface area contributed by atoms with Crippen LogP contribution in [-0.4, -0.2) is 32.3 Å². The van der Waals surface area contributed by atoms with Crippen molar-refractivity contribution in [1.29, 1.82) is 0 Å². The molecule has 0 aliphatic carbocycles. The van der Waals surface area contributed by atoms with E-state index in [4.69, 9.17) is 9.47 Å². The van der Waals surface area contributed by atoms with Gasteiger partial charge in [-0.1, -0.05) is 6.07 Å². The lowest BCUT2D eigenvalue weighted by Crippen LogP contribution is -2.11. The Morgan fingerprint density at radius 2 is 2.06 bits per heavy atom. The minimum Gasteiger partial charge on any atom is -0.493 e. The van der Waals surface area contributed by atoms with Crippen molar-refractivity contribution in [3.63, 3.8) is 0 Å². The van der Waals surface area contributed by atoms with E-state index in [1.165, 1.54) is 0 Å². The lowest BCUT2D eigenvalue weighted by atomic mass is 9.98. The summed E-state index contributed by atoms with van der Waals surface area (Å²) in [4.78, 5) is 10.4. The Labute approximate surface area is 100 Å². The zero-order valence-corrected chi connectivity index (χ0v) is 10.0. The maximum atomic E-state index is 10.4. The first-order valence-corrected chi connectivity index (χ1v) is 5.58. The highest BCUT2D eigenvalue weighted by molar-refractivity contribution is 5.44. The molecule has 1 aromatic rings. The average molecular weight is 236 g/mol. The summed E-state index contributed by atoms with van der Waals surface area (Å²) < 4.78 is 10.5. The van der Waals surface area contributed by atoms with Crippen LogP contribution < -0.4 is 9.47 Å². The smallest absolute Gasteiger partial charge is 0.160 e. The highest BCUT2D eigenvalue weighted by Crippen LogP contribution is 2.34. The molecule has 1 saturated heterocycles. The predicted molar refractivity (Wildman–Crippen MR) is 64.3 cm³/mol. The first kappa shape index (κ1) is 11.7. The Bertz CT molecular complexity index is 409. The second kappa shape index (κ2) is 5.03. The molecule has 5 nitrogen and oxygen atoms in total. The Morgan fingerprint density at radius 1 is 1.29 bits per heavy atom. The highest BCUT2D eigenvalue weighted by Gasteiger charge is 2.24. The van der Waals surface area contributed by atoms with E-state index in [2.05, 4.69) is 5.29 Å². The van der Waals surface area contributed by atoms with Gasteiger partial charge in [-0.05, 0) is 24.1 Å². The number of hydrogen-bond donors (Lipinski definition) is 0. The van der Waals surface area contributed by atoms with Crippen molar-refractivity contribution in [3.8, 4) is 11.5 Å². The van der Waals surface area contributed by atoms with Gasteiger partial charge in [-0.3, -0.25) is 5.01 Å². The molecule has 1 atom stereocenters. The zero-order valence-electron chi connectivity index (χ0n) is 10.0. The number of hydrogen-bond acceptors (Lipinski definition) is 4. The van der Waals surface area contributed by atoms with E-state index >= 15 is 0 Å². The van der Waals surface area contributed by atoms with Crippen molar-refractivity contribution in [2.24, 2.45) is 5.29 Å². The first-order chi connectivity index (χ1) is 8.28. The molecule has 0 radical (unpaired) electrons. The molecule has 1 heterocycles. The Balaban J connectivity index is 2.19. The molecule has 1 aromatic carbocycles. The number of ether oxygens (including phenoxy) is 2. The maximum absolute atomic E-state index is 10.4. The molecule has 0 spiro atoms. The van der Waals surface area contributed by atoms with Crippen molar-refractivity contribution in [1.82, 2.24) is 5.01 Å². The van der Waals surface area contributed by atoms with Crippen LogP contribution in [0.25, 0.3) is 0 Å². The second-order valence-electron chi connectivity index (χ2n) is 4.09. The molecular weight excluding hydrogens is 220 g/mol. The topological polar surface area (TPSA) is 51.1 Å². The van der Waals surface area contributed by atoms with Gasteiger partial charge in [0.25, 0.3) is 0 Å². The van der Waals surface area contributed by atoms with E-state index in [1.54, 1.807) is 19.2 Å². The van der Waals surface area contributed by atoms with Crippen LogP contribution in [0.3, 0.4) is 0 Å². The normalized spacial score (nSPS) is 19.2. The molecule has 0 N–H and O–H groups in total. The van der Waals surface area contributed by atoms with Gasteiger partial charge in [0, 0.05) is 19.0 Å². The molecule has 1 aliphatic heterocycles. The molecule has 1 unspecified atom stereocenters. The van der Waals surface area contributed by atoms with Crippen LogP contribution in [0.2, 0.25) is 0 Å². The minimum absolute atomic E-state index is 0.340. The van der Waals surface area contributed by atoms with Gasteiger partial charge in [-0.2, -0.15) is 0 Å². The predicted octanol–water partition coefficient (Wildman–Crippen LogP) is 2.17. The summed E-state index contributed by atoms with van der Waals surface area (Å²) in [7, 11) is 3.24. The van der Waals surface area contributed by atoms with Gasteiger partial charge >= 0.3 is 0 Å². The number of methoxy groups -OCH3 is 2. The summed E-state index contributed by atoms with van der Waals surface area (Å²) >= 11 is 0. The molecule has 0 aromatic heterocycles. The van der Waals surface area contributed by atoms with Crippen LogP contribution in [0.15, 0.2) is 23.5 Å². The summed E-state index contributed by atoms with van der Waals surface area (Å²) in [6.07, 6.45) is 0.946. The highest BCUT2D eigenvalue weighted by atomic mass is 16.5. The zero-order chi connectivity index (χ0) is 12.3. The van der Waals surface area contributed by atoms with Gasteiger partial charge in [0.2, 0.25) is 0 Å². The lowest BCUT2D eigenvalue weighted by molar-refractivity contribution is 0.347. The van der Waals surface area contributed by atoms with Crippen molar-refractivity contribution in [3.05, 3.63) is 28.7 Å². The maximum Gasteiger partial charge on any atom is 0.160 e. The Morgan fingerprint density at radius 3 is 2.65 bits per heavy atom. The summed E-state index contributed by atoms with van der Waals surface area (Å²) in [5, 5.41) is 4.52. The molecule has 0 amide bonds. The van der Waals surface area contributed by atoms with Crippen molar-refractivity contribution in [2.45, 2.75) is 12.3 Å². The quantitative estimate of drug-likeness (QED) is 0.752. The Hall–Kier alpha value is -1.78. The summed E-state index contributed by atoms with van der Waals surface area (Å²) in [6.45, 7) is 1.40. The summed E-state index contributed by atoms with van der Waals surface area (Å²) in [5.41, 5.74) is 1.16. The molecule has 0 saturated carbocycles. The standard InChI is InChI=1S/C12H16N2O3/c1-16-11-4-3-9(7-12(11)17-2)10-5-6-14(8-10)13-15/h3-4,7,10H,5-6,8H2,1-2H3. The van der Waals surface area contributed by atoms with Gasteiger partial charge in [0.15, 0.2) is 11.5 Å². The molecule has 92 valence electrons. The van der Waals surface area contributed by atoms with E-state index < -0.39 is 0 Å². The molecule has 0 bridgehead atoms. The molecule has 1 fully saturated rings. The Kier molecular flexibility index (Phi) is 3.46. The third kappa shape index (κ3) is 2.33. The molecular formula is C12H16N2O3. The third-order valence-corrected chi connectivity index (χ3v) is 3.16. The van der Waals surface area contributed by atoms with E-state index in [0.29, 0.717) is 12.5 Å². The van der Waals surface area contributed by atoms with E-state index in [0.717, 1.165) is 30.0 Å². The SMILES string of the molecule is COc1ccc(C2CCN(N=O)C2)cc1OC. The van der Waals surface area contributed by atoms with E-state index in [1.807, 2.05) is 18.2 Å². The number of benzene rings is 1. The van der Waals surface area contributed by atoms with Crippen molar-refractivity contribution >= 4 is 0 Å². The van der Waals surface area contributed by atoms with Crippen LogP contribution in [0.5, 0.6) is 11.5 Å². The van der Waals surface area contributed by atoms with Crippen LogP contribution in [0.4, 0.5) is 0 Å². The molecule has 2 rings (SSSR count). The second-order valence-corrected chi connectivity index (χ2v) is 4.09. The van der Waals surface area contributed by atoms with Gasteiger partial charge in [-0.15, -0.1) is 4.91 Å². The average Bonchev–Trinajstić information content (AvgIpc) is 2.86. The number of nitroso groups, excluding NO2 is 1. The fraction of sp³-hybridized carbons (Fsp3) is 0.500. The number of nitrogens with zero attached hydrogens (tertiary/aromatic N) is 2.